The third kappa shape index (κ3) is 2.86. The standard InChI is InChI=1S/C12H12N8O/c13-12-17-19-20(18-12)7-11(21)16-15-6-8-5-14-10-4-2-1-3-9(8)10/h1-6,14H,7H2,(H2,13,18)(H,16,21). The Morgan fingerprint density at radius 1 is 1.48 bits per heavy atom. The predicted molar refractivity (Wildman–Crippen MR) is 76.3 cm³/mol. The van der Waals surface area contributed by atoms with Crippen molar-refractivity contribution in [2.75, 3.05) is 5.73 Å². The number of hydrogen-bond donors (Lipinski definition) is 3. The number of hydrogen-bond acceptors (Lipinski definition) is 6. The highest BCUT2D eigenvalue weighted by Gasteiger charge is 2.05. The highest BCUT2D eigenvalue weighted by Crippen LogP contribution is 2.15. The molecule has 0 aliphatic carbocycles. The minimum Gasteiger partial charge on any atom is -0.365 e. The van der Waals surface area contributed by atoms with Gasteiger partial charge in [-0.1, -0.05) is 23.3 Å². The maximum atomic E-state index is 11.6. The van der Waals surface area contributed by atoms with Gasteiger partial charge in [0.2, 0.25) is 0 Å². The number of amides is 1. The number of anilines is 1. The highest BCUT2D eigenvalue weighted by molar-refractivity contribution is 5.99. The number of H-pyrrole nitrogens is 1. The predicted octanol–water partition coefficient (Wildman–Crippen LogP) is -0.113. The molecule has 0 saturated carbocycles. The minimum absolute atomic E-state index is 0.0186. The largest absolute Gasteiger partial charge is 0.365 e. The lowest BCUT2D eigenvalue weighted by Crippen LogP contribution is -2.24. The maximum Gasteiger partial charge on any atom is 0.263 e. The quantitative estimate of drug-likeness (QED) is 0.455. The van der Waals surface area contributed by atoms with Crippen molar-refractivity contribution in [3.63, 3.8) is 0 Å². The Hall–Kier alpha value is -3.23. The van der Waals surface area contributed by atoms with Crippen molar-refractivity contribution >= 4 is 29.0 Å². The van der Waals surface area contributed by atoms with Gasteiger partial charge in [0.1, 0.15) is 6.54 Å². The van der Waals surface area contributed by atoms with Gasteiger partial charge in [-0.3, -0.25) is 4.79 Å². The van der Waals surface area contributed by atoms with Crippen molar-refractivity contribution in [3.05, 3.63) is 36.0 Å². The van der Waals surface area contributed by atoms with Crippen LogP contribution in [0.25, 0.3) is 10.9 Å². The molecule has 3 rings (SSSR count). The fourth-order valence-electron chi connectivity index (χ4n) is 1.86. The number of carbonyl (C=O) groups is 1. The van der Waals surface area contributed by atoms with Crippen LogP contribution in [0.4, 0.5) is 5.95 Å². The van der Waals surface area contributed by atoms with Crippen LogP contribution in [0.3, 0.4) is 0 Å². The van der Waals surface area contributed by atoms with E-state index < -0.39 is 0 Å². The Bertz CT molecular complexity index is 802. The van der Waals surface area contributed by atoms with Gasteiger partial charge in [0.15, 0.2) is 0 Å². The van der Waals surface area contributed by atoms with Crippen LogP contribution in [-0.2, 0) is 11.3 Å². The second-order valence-electron chi connectivity index (χ2n) is 4.26. The molecule has 0 radical (unpaired) electrons. The number of nitrogens with zero attached hydrogens (tertiary/aromatic N) is 5. The molecule has 0 unspecified atom stereocenters. The zero-order valence-corrected chi connectivity index (χ0v) is 10.9. The molecule has 0 fully saturated rings. The average Bonchev–Trinajstić information content (AvgIpc) is 3.06. The van der Waals surface area contributed by atoms with Crippen molar-refractivity contribution in [3.8, 4) is 0 Å². The lowest BCUT2D eigenvalue weighted by atomic mass is 10.2. The van der Waals surface area contributed by atoms with Crippen LogP contribution in [0.1, 0.15) is 5.56 Å². The molecule has 0 saturated heterocycles. The molecule has 0 atom stereocenters. The van der Waals surface area contributed by atoms with Gasteiger partial charge in [-0.15, -0.1) is 5.10 Å². The van der Waals surface area contributed by atoms with E-state index in [1.54, 1.807) is 6.21 Å². The molecule has 9 nitrogen and oxygen atoms in total. The lowest BCUT2D eigenvalue weighted by molar-refractivity contribution is -0.122. The first-order valence-electron chi connectivity index (χ1n) is 6.13. The van der Waals surface area contributed by atoms with Crippen LogP contribution in [0.15, 0.2) is 35.6 Å². The summed E-state index contributed by atoms with van der Waals surface area (Å²) in [6.07, 6.45) is 3.39. The fraction of sp³-hybridized carbons (Fsp3) is 0.0833. The van der Waals surface area contributed by atoms with Gasteiger partial charge in [-0.2, -0.15) is 9.90 Å². The number of carbonyl (C=O) groups excluding carboxylic acids is 1. The number of nitrogens with one attached hydrogen (secondary N) is 2. The van der Waals surface area contributed by atoms with E-state index in [1.165, 1.54) is 0 Å². The third-order valence-electron chi connectivity index (χ3n) is 2.77. The SMILES string of the molecule is Nc1nnn(CC(=O)NN=Cc2c[nH]c3ccccc23)n1. The Balaban J connectivity index is 1.63. The van der Waals surface area contributed by atoms with Crippen molar-refractivity contribution in [2.24, 2.45) is 5.10 Å². The van der Waals surface area contributed by atoms with E-state index in [1.807, 2.05) is 30.5 Å². The summed E-state index contributed by atoms with van der Waals surface area (Å²) in [5, 5.41) is 15.7. The number of rotatable bonds is 4. The average molecular weight is 284 g/mol. The van der Waals surface area contributed by atoms with Gasteiger partial charge < -0.3 is 10.7 Å². The molecular weight excluding hydrogens is 272 g/mol. The van der Waals surface area contributed by atoms with E-state index in [2.05, 4.69) is 30.9 Å². The first-order chi connectivity index (χ1) is 10.2. The fourth-order valence-corrected chi connectivity index (χ4v) is 1.86. The van der Waals surface area contributed by atoms with Crippen LogP contribution in [0.5, 0.6) is 0 Å². The maximum absolute atomic E-state index is 11.6. The number of benzene rings is 1. The Morgan fingerprint density at radius 3 is 3.14 bits per heavy atom. The number of fused-ring (bicyclic) bond motifs is 1. The number of nitrogens with two attached hydrogens (primary N) is 1. The third-order valence-corrected chi connectivity index (χ3v) is 2.77. The number of aromatic amines is 1. The molecule has 3 aromatic rings. The van der Waals surface area contributed by atoms with Crippen LogP contribution in [-0.4, -0.2) is 37.3 Å². The first-order valence-corrected chi connectivity index (χ1v) is 6.13. The number of para-hydroxylation sites is 1. The van der Waals surface area contributed by atoms with E-state index in [0.717, 1.165) is 21.3 Å². The van der Waals surface area contributed by atoms with Crippen molar-refractivity contribution in [2.45, 2.75) is 6.54 Å². The monoisotopic (exact) mass is 284 g/mol. The zero-order chi connectivity index (χ0) is 14.7. The Morgan fingerprint density at radius 2 is 2.33 bits per heavy atom. The summed E-state index contributed by atoms with van der Waals surface area (Å²) in [7, 11) is 0. The van der Waals surface area contributed by atoms with E-state index >= 15 is 0 Å². The van der Waals surface area contributed by atoms with E-state index in [9.17, 15) is 4.79 Å². The molecule has 2 aromatic heterocycles. The summed E-state index contributed by atoms with van der Waals surface area (Å²) < 4.78 is 0. The normalized spacial score (nSPS) is 11.2. The van der Waals surface area contributed by atoms with Gasteiger partial charge in [-0.25, -0.2) is 5.43 Å². The second-order valence-corrected chi connectivity index (χ2v) is 4.26. The molecular formula is C12H12N8O. The first kappa shape index (κ1) is 12.8. The van der Waals surface area contributed by atoms with Crippen molar-refractivity contribution < 1.29 is 4.79 Å². The molecule has 21 heavy (non-hydrogen) atoms. The number of nitrogen functional groups attached to an aromatic ring is 1. The minimum atomic E-state index is -0.372. The number of aromatic nitrogens is 5. The lowest BCUT2D eigenvalue weighted by Gasteiger charge is -1.97. The number of tetrazole rings is 1. The van der Waals surface area contributed by atoms with Gasteiger partial charge in [0, 0.05) is 22.7 Å². The molecule has 2 heterocycles. The van der Waals surface area contributed by atoms with E-state index in [4.69, 9.17) is 5.73 Å². The molecule has 9 heteroatoms. The summed E-state index contributed by atoms with van der Waals surface area (Å²) >= 11 is 0. The van der Waals surface area contributed by atoms with E-state index in [0.29, 0.717) is 0 Å². The van der Waals surface area contributed by atoms with Crippen molar-refractivity contribution in [1.82, 2.24) is 30.6 Å². The second kappa shape index (κ2) is 5.41. The summed E-state index contributed by atoms with van der Waals surface area (Å²) in [5.41, 5.74) is 9.58. The van der Waals surface area contributed by atoms with Crippen molar-refractivity contribution in [1.29, 1.82) is 0 Å². The molecule has 0 spiro atoms. The summed E-state index contributed by atoms with van der Waals surface area (Å²) in [4.78, 5) is 15.8. The Labute approximate surface area is 118 Å². The molecule has 0 aliphatic heterocycles. The summed E-state index contributed by atoms with van der Waals surface area (Å²) in [5.74, 6) is -0.353. The van der Waals surface area contributed by atoms with Crippen LogP contribution < -0.4 is 11.2 Å². The van der Waals surface area contributed by atoms with E-state index in [-0.39, 0.29) is 18.4 Å². The van der Waals surface area contributed by atoms with Crippen LogP contribution in [0.2, 0.25) is 0 Å². The number of hydrazone groups is 1. The van der Waals surface area contributed by atoms with Crippen LogP contribution >= 0.6 is 0 Å². The molecule has 1 aromatic carbocycles. The molecule has 4 N–H and O–H groups in total. The zero-order valence-electron chi connectivity index (χ0n) is 10.9. The summed E-state index contributed by atoms with van der Waals surface area (Å²) in [6, 6.07) is 7.81. The molecule has 0 aliphatic rings. The smallest absolute Gasteiger partial charge is 0.263 e. The van der Waals surface area contributed by atoms with Crippen LogP contribution in [0, 0.1) is 0 Å². The molecule has 0 bridgehead atoms. The Kier molecular flexibility index (Phi) is 3.29. The summed E-state index contributed by atoms with van der Waals surface area (Å²) in [6.45, 7) is -0.102. The van der Waals surface area contributed by atoms with Gasteiger partial charge in [0.25, 0.3) is 11.9 Å². The van der Waals surface area contributed by atoms with Gasteiger partial charge in [-0.05, 0) is 11.3 Å². The van der Waals surface area contributed by atoms with Gasteiger partial charge in [0.05, 0.1) is 6.21 Å². The molecule has 106 valence electrons. The topological polar surface area (TPSA) is 127 Å². The molecule has 1 amide bonds. The highest BCUT2D eigenvalue weighted by atomic mass is 16.2. The van der Waals surface area contributed by atoms with Gasteiger partial charge >= 0.3 is 0 Å².